The lowest BCUT2D eigenvalue weighted by Crippen LogP contribution is -2.64. The molecule has 2 heterocycles. The summed E-state index contributed by atoms with van der Waals surface area (Å²) in [6.07, 6.45) is 0. The molecule has 1 radical (unpaired) electrons. The number of esters is 1. The molecular weight excluding hydrogens is 505 g/mol. The number of thiazole rings is 1. The second kappa shape index (κ2) is 11.2. The molecule has 1 amide bonds. The quantitative estimate of drug-likeness (QED) is 0.124. The highest BCUT2D eigenvalue weighted by atomic mass is 33.1. The third-order valence-electron chi connectivity index (χ3n) is 5.77. The lowest BCUT2D eigenvalue weighted by Gasteiger charge is -2.52. The van der Waals surface area contributed by atoms with Crippen molar-refractivity contribution in [1.29, 1.82) is 0 Å². The van der Waals surface area contributed by atoms with Crippen molar-refractivity contribution in [3.05, 3.63) is 35.5 Å². The highest BCUT2D eigenvalue weighted by Crippen LogP contribution is 2.53. The zero-order valence-corrected chi connectivity index (χ0v) is 24.5. The predicted octanol–water partition coefficient (Wildman–Crippen LogP) is 6.22. The minimum absolute atomic E-state index is 0.0145. The van der Waals surface area contributed by atoms with E-state index < -0.39 is 15.0 Å². The lowest BCUT2D eigenvalue weighted by atomic mass is 9.70. The maximum Gasteiger partial charge on any atom is 0.354 e. The maximum absolute atomic E-state index is 13.6. The summed E-state index contributed by atoms with van der Waals surface area (Å²) >= 11 is 1.63. The molecule has 0 N–H and O–H groups in total. The summed E-state index contributed by atoms with van der Waals surface area (Å²) in [5.74, 6) is -0.792. The van der Waals surface area contributed by atoms with E-state index in [1.54, 1.807) is 37.8 Å². The summed E-state index contributed by atoms with van der Waals surface area (Å²) < 4.78 is 13.2. The summed E-state index contributed by atoms with van der Waals surface area (Å²) in [6.45, 7) is 14.9. The first kappa shape index (κ1) is 27.3. The molecule has 1 fully saturated rings. The van der Waals surface area contributed by atoms with Gasteiger partial charge in [0.25, 0.3) is 0 Å². The number of allylic oxidation sites excluding steroid dienone is 1. The van der Waals surface area contributed by atoms with Crippen molar-refractivity contribution in [2.24, 2.45) is 17.3 Å². The van der Waals surface area contributed by atoms with E-state index in [-0.39, 0.29) is 28.5 Å². The lowest BCUT2D eigenvalue weighted by molar-refractivity contribution is -0.159. The van der Waals surface area contributed by atoms with Gasteiger partial charge in [0.2, 0.25) is 14.9 Å². The molecule has 1 saturated heterocycles. The summed E-state index contributed by atoms with van der Waals surface area (Å²) in [4.78, 5) is 32.6. The minimum Gasteiger partial charge on any atom is -0.464 e. The minimum atomic E-state index is -0.899. The standard InChI is InChI=1S/C24H33N2O4S3Si/c1-14(2)19(22(28)29-6)26-20(27)18(15(24(3,4)5)13-30-34(7)8)21(26)32-33-23-25-16-11-9-10-12-17(16)31-23/h9-12,15,18,21H,13H2,1-8H3/t15-,18+,21-/m1/s1. The molecule has 1 aliphatic heterocycles. The van der Waals surface area contributed by atoms with Gasteiger partial charge in [0, 0.05) is 12.5 Å². The van der Waals surface area contributed by atoms with Crippen LogP contribution in [0.4, 0.5) is 0 Å². The molecule has 185 valence electrons. The number of hydrogen-bond acceptors (Lipinski definition) is 8. The fourth-order valence-electron chi connectivity index (χ4n) is 3.96. The van der Waals surface area contributed by atoms with E-state index in [2.05, 4.69) is 39.9 Å². The van der Waals surface area contributed by atoms with Gasteiger partial charge in [-0.3, -0.25) is 9.69 Å². The number of carbonyl (C=O) groups excluding carboxylic acids is 2. The van der Waals surface area contributed by atoms with Crippen LogP contribution in [0.1, 0.15) is 34.6 Å². The van der Waals surface area contributed by atoms with Gasteiger partial charge in [0.05, 0.1) is 23.2 Å². The molecule has 10 heteroatoms. The van der Waals surface area contributed by atoms with Crippen LogP contribution < -0.4 is 0 Å². The second-order valence-corrected chi connectivity index (χ2v) is 15.5. The molecule has 3 atom stereocenters. The third-order valence-corrected chi connectivity index (χ3v) is 10.5. The van der Waals surface area contributed by atoms with Gasteiger partial charge in [-0.2, -0.15) is 0 Å². The molecule has 1 aliphatic rings. The van der Waals surface area contributed by atoms with E-state index in [9.17, 15) is 9.59 Å². The number of rotatable bonds is 9. The Morgan fingerprint density at radius 3 is 2.50 bits per heavy atom. The molecule has 34 heavy (non-hydrogen) atoms. The number of benzene rings is 1. The number of aromatic nitrogens is 1. The van der Waals surface area contributed by atoms with E-state index in [0.29, 0.717) is 12.3 Å². The zero-order valence-electron chi connectivity index (χ0n) is 21.0. The molecule has 3 rings (SSSR count). The van der Waals surface area contributed by atoms with Crippen LogP contribution in [0, 0.1) is 17.3 Å². The Labute approximate surface area is 216 Å². The highest BCUT2D eigenvalue weighted by Gasteiger charge is 2.56. The van der Waals surface area contributed by atoms with Crippen LogP contribution in [0.15, 0.2) is 39.9 Å². The summed E-state index contributed by atoms with van der Waals surface area (Å²) in [6, 6.07) is 8.05. The Bertz CT molecular complexity index is 1040. The number of carbonyl (C=O) groups is 2. The molecule has 1 aromatic carbocycles. The average molecular weight is 538 g/mol. The SMILES string of the molecule is COC(=O)C(=C(C)C)N1C(=O)[C@H]([C@@H](CO[Si](C)C)C(C)(C)C)[C@H]1SSc1nc2ccccc2s1. The van der Waals surface area contributed by atoms with Gasteiger partial charge < -0.3 is 9.16 Å². The largest absolute Gasteiger partial charge is 0.464 e. The van der Waals surface area contributed by atoms with Crippen LogP contribution in [-0.2, 0) is 18.8 Å². The molecule has 0 spiro atoms. The Morgan fingerprint density at radius 1 is 1.26 bits per heavy atom. The first-order valence-corrected chi connectivity index (χ1v) is 16.6. The zero-order chi connectivity index (χ0) is 25.2. The number of hydrogen-bond donors (Lipinski definition) is 0. The number of β-lactam (4-membered cyclic amide) rings is 1. The van der Waals surface area contributed by atoms with Gasteiger partial charge in [-0.1, -0.05) is 43.7 Å². The Balaban J connectivity index is 1.94. The molecule has 2 aromatic rings. The summed E-state index contributed by atoms with van der Waals surface area (Å²) in [5.41, 5.74) is 1.91. The molecular formula is C24H33N2O4S3Si. The first-order valence-electron chi connectivity index (χ1n) is 11.2. The van der Waals surface area contributed by atoms with E-state index >= 15 is 0 Å². The fourth-order valence-corrected chi connectivity index (χ4v) is 8.55. The van der Waals surface area contributed by atoms with Crippen molar-refractivity contribution in [1.82, 2.24) is 9.88 Å². The molecule has 0 aliphatic carbocycles. The monoisotopic (exact) mass is 537 g/mol. The number of nitrogens with zero attached hydrogens (tertiary/aromatic N) is 2. The van der Waals surface area contributed by atoms with E-state index in [4.69, 9.17) is 14.1 Å². The summed E-state index contributed by atoms with van der Waals surface area (Å²) in [7, 11) is 3.60. The first-order chi connectivity index (χ1) is 16.0. The topological polar surface area (TPSA) is 68.7 Å². The maximum atomic E-state index is 13.6. The normalized spacial score (nSPS) is 19.3. The number of likely N-dealkylation sites (tertiary alicyclic amines) is 1. The Morgan fingerprint density at radius 2 is 1.94 bits per heavy atom. The van der Waals surface area contributed by atoms with Crippen molar-refractivity contribution in [2.45, 2.75) is 57.4 Å². The van der Waals surface area contributed by atoms with Crippen LogP contribution in [0.5, 0.6) is 0 Å². The summed E-state index contributed by atoms with van der Waals surface area (Å²) in [5, 5.41) is -0.231. The van der Waals surface area contributed by atoms with E-state index in [1.165, 1.54) is 7.11 Å². The van der Waals surface area contributed by atoms with Crippen LogP contribution >= 0.6 is 32.9 Å². The number of fused-ring (bicyclic) bond motifs is 1. The number of amides is 1. The average Bonchev–Trinajstić information content (AvgIpc) is 3.17. The number of ether oxygens (including phenoxy) is 1. The van der Waals surface area contributed by atoms with Crippen molar-refractivity contribution in [3.63, 3.8) is 0 Å². The fraction of sp³-hybridized carbons (Fsp3) is 0.542. The van der Waals surface area contributed by atoms with Crippen LogP contribution in [0.2, 0.25) is 13.1 Å². The van der Waals surface area contributed by atoms with Gasteiger partial charge in [-0.15, -0.1) is 11.3 Å². The Hall–Kier alpha value is -1.33. The predicted molar refractivity (Wildman–Crippen MR) is 144 cm³/mol. The van der Waals surface area contributed by atoms with Crippen molar-refractivity contribution in [3.8, 4) is 0 Å². The molecule has 0 bridgehead atoms. The van der Waals surface area contributed by atoms with Gasteiger partial charge in [-0.05, 0) is 60.9 Å². The van der Waals surface area contributed by atoms with E-state index in [0.717, 1.165) is 20.1 Å². The van der Waals surface area contributed by atoms with Gasteiger partial charge in [0.1, 0.15) is 11.1 Å². The second-order valence-electron chi connectivity index (χ2n) is 9.78. The van der Waals surface area contributed by atoms with Gasteiger partial charge in [-0.25, -0.2) is 9.78 Å². The Kier molecular flexibility index (Phi) is 8.94. The number of para-hydroxylation sites is 1. The molecule has 6 nitrogen and oxygen atoms in total. The van der Waals surface area contributed by atoms with E-state index in [1.807, 2.05) is 32.0 Å². The van der Waals surface area contributed by atoms with Crippen LogP contribution in [-0.4, -0.2) is 49.9 Å². The van der Waals surface area contributed by atoms with Gasteiger partial charge in [0.15, 0.2) is 4.34 Å². The smallest absolute Gasteiger partial charge is 0.354 e. The van der Waals surface area contributed by atoms with Crippen molar-refractivity contribution < 1.29 is 18.8 Å². The highest BCUT2D eigenvalue weighted by molar-refractivity contribution is 8.77. The molecule has 0 saturated carbocycles. The molecule has 1 aromatic heterocycles. The van der Waals surface area contributed by atoms with Crippen LogP contribution in [0.25, 0.3) is 10.2 Å². The van der Waals surface area contributed by atoms with Crippen molar-refractivity contribution >= 4 is 64.1 Å². The van der Waals surface area contributed by atoms with Crippen molar-refractivity contribution in [2.75, 3.05) is 13.7 Å². The van der Waals surface area contributed by atoms with Crippen LogP contribution in [0.3, 0.4) is 0 Å². The van der Waals surface area contributed by atoms with Gasteiger partial charge >= 0.3 is 5.97 Å². The third kappa shape index (κ3) is 5.89. The molecule has 0 unspecified atom stereocenters. The number of methoxy groups -OCH3 is 1.